The molecule has 0 aromatic rings. The van der Waals surface area contributed by atoms with Crippen LogP contribution in [0.1, 0.15) is 53.4 Å². The Hall–Kier alpha value is -1.27. The molecule has 1 heterocycles. The molecule has 0 aromatic carbocycles. The van der Waals surface area contributed by atoms with Gasteiger partial charge in [-0.15, -0.1) is 0 Å². The Morgan fingerprint density at radius 3 is 2.67 bits per heavy atom. The summed E-state index contributed by atoms with van der Waals surface area (Å²) in [6.07, 6.45) is -0.837. The fourth-order valence-electron chi connectivity index (χ4n) is 7.78. The number of ether oxygens (including phenoxy) is 2. The number of hydrogen-bond donors (Lipinski definition) is 1. The first-order chi connectivity index (χ1) is 12.5. The highest BCUT2D eigenvalue weighted by molar-refractivity contribution is 5.97. The van der Waals surface area contributed by atoms with Gasteiger partial charge in [0, 0.05) is 30.1 Å². The van der Waals surface area contributed by atoms with Gasteiger partial charge in [-0.05, 0) is 38.7 Å². The lowest BCUT2D eigenvalue weighted by atomic mass is 9.23. The highest BCUT2D eigenvalue weighted by Crippen LogP contribution is 2.84. The van der Waals surface area contributed by atoms with Gasteiger partial charge in [-0.2, -0.15) is 0 Å². The Bertz CT molecular complexity index is 806. The highest BCUT2D eigenvalue weighted by Gasteiger charge is 2.88. The van der Waals surface area contributed by atoms with E-state index in [4.69, 9.17) is 9.47 Å². The SMILES string of the molecule is CC(=O)O[C@H]1C(=O)[C@]2(C)C(F)C[C@H]3OC[C@H]3C23C[C@]2(O)CCC(C)=C1[C@]32C. The molecule has 4 aliphatic carbocycles. The number of allylic oxidation sites excluding steroid dienone is 1. The van der Waals surface area contributed by atoms with Gasteiger partial charge in [0.2, 0.25) is 0 Å². The molecule has 0 radical (unpaired) electrons. The summed E-state index contributed by atoms with van der Waals surface area (Å²) in [5, 5.41) is 11.6. The molecule has 8 atom stereocenters. The van der Waals surface area contributed by atoms with Crippen molar-refractivity contribution in [1.82, 2.24) is 0 Å². The molecule has 1 spiro atoms. The predicted octanol–water partition coefficient (Wildman–Crippen LogP) is 2.50. The van der Waals surface area contributed by atoms with E-state index in [1.165, 1.54) is 6.92 Å². The van der Waals surface area contributed by atoms with Gasteiger partial charge in [-0.3, -0.25) is 9.59 Å². The molecule has 27 heavy (non-hydrogen) atoms. The molecule has 6 heteroatoms. The van der Waals surface area contributed by atoms with Crippen molar-refractivity contribution in [2.45, 2.75) is 77.4 Å². The third-order valence-corrected chi connectivity index (χ3v) is 9.17. The average Bonchev–Trinajstić information content (AvgIpc) is 2.57. The van der Waals surface area contributed by atoms with Crippen LogP contribution in [-0.2, 0) is 19.1 Å². The topological polar surface area (TPSA) is 72.8 Å². The van der Waals surface area contributed by atoms with Crippen molar-refractivity contribution >= 4 is 11.8 Å². The number of fused-ring (bicyclic) bond motifs is 1. The maximum Gasteiger partial charge on any atom is 0.303 e. The molecule has 1 aliphatic heterocycles. The predicted molar refractivity (Wildman–Crippen MR) is 93.5 cm³/mol. The summed E-state index contributed by atoms with van der Waals surface area (Å²) < 4.78 is 26.8. The van der Waals surface area contributed by atoms with E-state index in [9.17, 15) is 14.7 Å². The van der Waals surface area contributed by atoms with Crippen molar-refractivity contribution in [2.24, 2.45) is 22.2 Å². The number of Topliss-reactive ketones (excluding diaryl/α,β-unsaturated/α-hetero) is 1. The van der Waals surface area contributed by atoms with Crippen molar-refractivity contribution in [1.29, 1.82) is 0 Å². The molecule has 0 aromatic heterocycles. The molecule has 1 N–H and O–H groups in total. The van der Waals surface area contributed by atoms with E-state index in [0.717, 1.165) is 11.1 Å². The normalized spacial score (nSPS) is 55.6. The lowest BCUT2D eigenvalue weighted by Gasteiger charge is -2.82. The average molecular weight is 378 g/mol. The summed E-state index contributed by atoms with van der Waals surface area (Å²) in [6.45, 7) is 7.40. The Balaban J connectivity index is 1.80. The monoisotopic (exact) mass is 378 g/mol. The van der Waals surface area contributed by atoms with E-state index in [2.05, 4.69) is 0 Å². The second-order valence-electron chi connectivity index (χ2n) is 9.74. The van der Waals surface area contributed by atoms with Crippen LogP contribution < -0.4 is 0 Å². The first-order valence-electron chi connectivity index (χ1n) is 9.94. The Morgan fingerprint density at radius 1 is 1.37 bits per heavy atom. The standard InChI is InChI=1S/C21H27FO5/c1-10-5-6-20(25)9-21-12-8-26-13(12)7-14(22)18(21,3)17(24)16(27-11(2)23)15(10)19(20,21)4/h12-14,16,25H,5-9H2,1-4H3/t12-,13-,14?,16-,18+,19+,20-,21?/m1/s1. The second-order valence-corrected chi connectivity index (χ2v) is 9.74. The number of carbonyl (C=O) groups is 2. The van der Waals surface area contributed by atoms with Gasteiger partial charge in [-0.25, -0.2) is 4.39 Å². The van der Waals surface area contributed by atoms with Crippen LogP contribution in [0, 0.1) is 22.2 Å². The van der Waals surface area contributed by atoms with Crippen molar-refractivity contribution in [3.8, 4) is 0 Å². The van der Waals surface area contributed by atoms with Crippen LogP contribution in [0.2, 0.25) is 0 Å². The molecule has 0 bridgehead atoms. The molecule has 3 saturated carbocycles. The number of rotatable bonds is 1. The third-order valence-electron chi connectivity index (χ3n) is 9.17. The zero-order chi connectivity index (χ0) is 19.6. The van der Waals surface area contributed by atoms with E-state index in [-0.39, 0.29) is 24.2 Å². The van der Waals surface area contributed by atoms with Crippen molar-refractivity contribution in [3.63, 3.8) is 0 Å². The molecule has 2 unspecified atom stereocenters. The van der Waals surface area contributed by atoms with Crippen LogP contribution >= 0.6 is 0 Å². The summed E-state index contributed by atoms with van der Waals surface area (Å²) in [5.41, 5.74) is -2.07. The van der Waals surface area contributed by atoms with Gasteiger partial charge in [0.1, 0.15) is 6.17 Å². The minimum Gasteiger partial charge on any atom is -0.450 e. The number of halogens is 1. The first kappa shape index (κ1) is 17.8. The number of alkyl halides is 1. The van der Waals surface area contributed by atoms with Gasteiger partial charge >= 0.3 is 5.97 Å². The van der Waals surface area contributed by atoms with Crippen LogP contribution in [0.4, 0.5) is 4.39 Å². The third kappa shape index (κ3) is 1.55. The van der Waals surface area contributed by atoms with Crippen LogP contribution in [0.15, 0.2) is 11.1 Å². The summed E-state index contributed by atoms with van der Waals surface area (Å²) in [4.78, 5) is 25.5. The maximum atomic E-state index is 15.6. The number of hydrogen-bond acceptors (Lipinski definition) is 5. The van der Waals surface area contributed by atoms with Crippen LogP contribution in [0.3, 0.4) is 0 Å². The fourth-order valence-corrected chi connectivity index (χ4v) is 7.78. The molecule has 1 saturated heterocycles. The Kier molecular flexibility index (Phi) is 3.18. The molecule has 4 fully saturated rings. The molecule has 148 valence electrons. The first-order valence-corrected chi connectivity index (χ1v) is 9.94. The van der Waals surface area contributed by atoms with E-state index < -0.39 is 40.1 Å². The second kappa shape index (κ2) is 4.82. The van der Waals surface area contributed by atoms with Gasteiger partial charge in [0.05, 0.1) is 23.7 Å². The van der Waals surface area contributed by atoms with Gasteiger partial charge in [0.25, 0.3) is 0 Å². The zero-order valence-electron chi connectivity index (χ0n) is 16.3. The minimum absolute atomic E-state index is 0.0444. The minimum atomic E-state index is -1.38. The van der Waals surface area contributed by atoms with Crippen molar-refractivity contribution in [2.75, 3.05) is 6.61 Å². The van der Waals surface area contributed by atoms with E-state index in [1.807, 2.05) is 13.8 Å². The van der Waals surface area contributed by atoms with Crippen molar-refractivity contribution < 1.29 is 28.6 Å². The Morgan fingerprint density at radius 2 is 2.07 bits per heavy atom. The quantitative estimate of drug-likeness (QED) is 0.561. The van der Waals surface area contributed by atoms with Gasteiger partial charge < -0.3 is 14.6 Å². The summed E-state index contributed by atoms with van der Waals surface area (Å²) in [5.74, 6) is -0.855. The molecule has 5 aliphatic rings. The lowest BCUT2D eigenvalue weighted by molar-refractivity contribution is -0.380. The lowest BCUT2D eigenvalue weighted by Crippen LogP contribution is -2.87. The number of esters is 1. The largest absolute Gasteiger partial charge is 0.450 e. The van der Waals surface area contributed by atoms with Crippen LogP contribution in [-0.4, -0.2) is 47.4 Å². The van der Waals surface area contributed by atoms with Gasteiger partial charge in [-0.1, -0.05) is 12.5 Å². The van der Waals surface area contributed by atoms with Gasteiger partial charge in [0.15, 0.2) is 11.9 Å². The smallest absolute Gasteiger partial charge is 0.303 e. The molecular weight excluding hydrogens is 351 g/mol. The van der Waals surface area contributed by atoms with Crippen LogP contribution in [0.25, 0.3) is 0 Å². The summed E-state index contributed by atoms with van der Waals surface area (Å²) in [6, 6.07) is 0. The molecule has 5 rings (SSSR count). The molecule has 5 nitrogen and oxygen atoms in total. The van der Waals surface area contributed by atoms with E-state index in [1.54, 1.807) is 6.92 Å². The van der Waals surface area contributed by atoms with E-state index >= 15 is 4.39 Å². The highest BCUT2D eigenvalue weighted by atomic mass is 19.1. The summed E-state index contributed by atoms with van der Waals surface area (Å²) in [7, 11) is 0. The van der Waals surface area contributed by atoms with Crippen molar-refractivity contribution in [3.05, 3.63) is 11.1 Å². The number of carbonyl (C=O) groups excluding carboxylic acids is 2. The maximum absolute atomic E-state index is 15.6. The van der Waals surface area contributed by atoms with E-state index in [0.29, 0.717) is 25.9 Å². The summed E-state index contributed by atoms with van der Waals surface area (Å²) >= 11 is 0. The zero-order valence-corrected chi connectivity index (χ0v) is 16.3. The Labute approximate surface area is 158 Å². The molecule has 0 amide bonds. The number of ketones is 1. The number of aliphatic hydroxyl groups is 1. The van der Waals surface area contributed by atoms with Crippen LogP contribution in [0.5, 0.6) is 0 Å². The molecular formula is C21H27FO5. The fraction of sp³-hybridized carbons (Fsp3) is 0.810.